The quantitative estimate of drug-likeness (QED) is 0.180. The standard InChI is InChI=1S/C49H30N2O/c1-6-18-39-33(13-1)34-14-2-7-19-40(34)49(39)41-20-8-12-24-47(41)52-48-30-46-38(29-42(48)49)37-17-5-11-23-45(37)51(46)32-27-25-31(26-28-32)50-43-21-9-3-15-35(43)36-16-4-10-22-44(36)50/h1-30H. The molecule has 3 heterocycles. The molecule has 0 saturated carbocycles. The fraction of sp³-hybridized carbons (Fsp3) is 0.0204. The molecule has 12 rings (SSSR count). The molecule has 1 aliphatic heterocycles. The maximum atomic E-state index is 6.92. The van der Waals surface area contributed by atoms with E-state index in [4.69, 9.17) is 4.74 Å². The predicted molar refractivity (Wildman–Crippen MR) is 212 cm³/mol. The molecule has 1 spiro atoms. The van der Waals surface area contributed by atoms with Gasteiger partial charge in [-0.05, 0) is 76.9 Å². The SMILES string of the molecule is c1ccc2c(c1)Oc1cc3c(cc1C21c2ccccc2-c2ccccc21)c1ccccc1n3-c1ccc(-n2c3ccccc3c3ccccc32)cc1. The molecule has 0 fully saturated rings. The molecule has 0 radical (unpaired) electrons. The summed E-state index contributed by atoms with van der Waals surface area (Å²) < 4.78 is 11.7. The highest BCUT2D eigenvalue weighted by Crippen LogP contribution is 2.62. The summed E-state index contributed by atoms with van der Waals surface area (Å²) in [5.41, 5.74) is 14.0. The van der Waals surface area contributed by atoms with E-state index in [1.54, 1.807) is 0 Å². The van der Waals surface area contributed by atoms with Gasteiger partial charge < -0.3 is 13.9 Å². The fourth-order valence-corrected chi connectivity index (χ4v) is 9.55. The second-order valence-electron chi connectivity index (χ2n) is 14.0. The van der Waals surface area contributed by atoms with E-state index in [1.165, 1.54) is 71.5 Å². The van der Waals surface area contributed by atoms with Gasteiger partial charge in [0.1, 0.15) is 11.5 Å². The Hall–Kier alpha value is -6.84. The van der Waals surface area contributed by atoms with Gasteiger partial charge in [-0.3, -0.25) is 0 Å². The van der Waals surface area contributed by atoms with Gasteiger partial charge in [-0.25, -0.2) is 0 Å². The Kier molecular flexibility index (Phi) is 5.43. The molecule has 0 unspecified atom stereocenters. The lowest BCUT2D eigenvalue weighted by Crippen LogP contribution is -2.32. The molecule has 2 aliphatic rings. The molecule has 10 aromatic rings. The molecule has 0 N–H and O–H groups in total. The van der Waals surface area contributed by atoms with Crippen LogP contribution in [0.4, 0.5) is 0 Å². The van der Waals surface area contributed by atoms with Gasteiger partial charge in [-0.2, -0.15) is 0 Å². The van der Waals surface area contributed by atoms with E-state index in [2.05, 4.69) is 191 Å². The molecule has 2 aromatic heterocycles. The summed E-state index contributed by atoms with van der Waals surface area (Å²) in [6.07, 6.45) is 0. The van der Waals surface area contributed by atoms with Crippen molar-refractivity contribution in [3.8, 4) is 34.0 Å². The van der Waals surface area contributed by atoms with E-state index in [-0.39, 0.29) is 0 Å². The molecule has 52 heavy (non-hydrogen) atoms. The van der Waals surface area contributed by atoms with Crippen LogP contribution >= 0.6 is 0 Å². The van der Waals surface area contributed by atoms with Crippen molar-refractivity contribution in [2.45, 2.75) is 5.41 Å². The highest BCUT2D eigenvalue weighted by molar-refractivity contribution is 6.11. The number of para-hydroxylation sites is 4. The van der Waals surface area contributed by atoms with Crippen molar-refractivity contribution in [2.24, 2.45) is 0 Å². The zero-order chi connectivity index (χ0) is 34.0. The first kappa shape index (κ1) is 27.9. The Labute approximate surface area is 300 Å². The Morgan fingerprint density at radius 3 is 1.35 bits per heavy atom. The van der Waals surface area contributed by atoms with Crippen LogP contribution in [0.25, 0.3) is 66.1 Å². The molecule has 3 nitrogen and oxygen atoms in total. The van der Waals surface area contributed by atoms with Crippen LogP contribution in [0.15, 0.2) is 182 Å². The summed E-state index contributed by atoms with van der Waals surface area (Å²) >= 11 is 0. The number of rotatable bonds is 2. The lowest BCUT2D eigenvalue weighted by molar-refractivity contribution is 0.437. The number of hydrogen-bond donors (Lipinski definition) is 0. The number of benzene rings is 8. The molecular formula is C49H30N2O. The van der Waals surface area contributed by atoms with E-state index in [0.29, 0.717) is 0 Å². The first-order valence-electron chi connectivity index (χ1n) is 17.9. The molecule has 242 valence electrons. The minimum absolute atomic E-state index is 0.501. The van der Waals surface area contributed by atoms with Gasteiger partial charge in [-0.15, -0.1) is 0 Å². The summed E-state index contributed by atoms with van der Waals surface area (Å²) in [5, 5.41) is 4.97. The minimum Gasteiger partial charge on any atom is -0.457 e. The topological polar surface area (TPSA) is 19.1 Å². The van der Waals surface area contributed by atoms with Crippen LogP contribution in [0.1, 0.15) is 22.3 Å². The monoisotopic (exact) mass is 662 g/mol. The van der Waals surface area contributed by atoms with E-state index < -0.39 is 5.41 Å². The Morgan fingerprint density at radius 2 is 0.769 bits per heavy atom. The number of ether oxygens (including phenoxy) is 1. The van der Waals surface area contributed by atoms with Crippen LogP contribution in [0.3, 0.4) is 0 Å². The van der Waals surface area contributed by atoms with E-state index in [0.717, 1.165) is 28.4 Å². The molecule has 1 aliphatic carbocycles. The van der Waals surface area contributed by atoms with Crippen LogP contribution in [-0.4, -0.2) is 9.13 Å². The van der Waals surface area contributed by atoms with Crippen molar-refractivity contribution in [3.05, 3.63) is 204 Å². The number of fused-ring (bicyclic) bond motifs is 15. The van der Waals surface area contributed by atoms with Crippen LogP contribution in [0.5, 0.6) is 11.5 Å². The molecular weight excluding hydrogens is 633 g/mol. The van der Waals surface area contributed by atoms with Crippen LogP contribution in [0, 0.1) is 0 Å². The van der Waals surface area contributed by atoms with E-state index in [1.807, 2.05) is 0 Å². The smallest absolute Gasteiger partial charge is 0.134 e. The predicted octanol–water partition coefficient (Wildman–Crippen LogP) is 12.3. The molecule has 0 atom stereocenters. The maximum absolute atomic E-state index is 6.92. The molecule has 3 heteroatoms. The van der Waals surface area contributed by atoms with Crippen molar-refractivity contribution in [3.63, 3.8) is 0 Å². The third kappa shape index (κ3) is 3.45. The highest BCUT2D eigenvalue weighted by atomic mass is 16.5. The van der Waals surface area contributed by atoms with Gasteiger partial charge in [-0.1, -0.05) is 121 Å². The summed E-state index contributed by atoms with van der Waals surface area (Å²) in [6.45, 7) is 0. The average Bonchev–Trinajstić information content (AvgIpc) is 3.82. The van der Waals surface area contributed by atoms with Gasteiger partial charge >= 0.3 is 0 Å². The average molecular weight is 663 g/mol. The second-order valence-corrected chi connectivity index (χ2v) is 14.0. The van der Waals surface area contributed by atoms with Crippen molar-refractivity contribution < 1.29 is 4.74 Å². The number of hydrogen-bond acceptors (Lipinski definition) is 1. The highest BCUT2D eigenvalue weighted by Gasteiger charge is 2.51. The van der Waals surface area contributed by atoms with Crippen LogP contribution in [0.2, 0.25) is 0 Å². The minimum atomic E-state index is -0.501. The lowest BCUT2D eigenvalue weighted by atomic mass is 9.66. The van der Waals surface area contributed by atoms with Gasteiger partial charge in [0.15, 0.2) is 0 Å². The van der Waals surface area contributed by atoms with Gasteiger partial charge in [0.2, 0.25) is 0 Å². The fourth-order valence-electron chi connectivity index (χ4n) is 9.55. The molecule has 0 saturated heterocycles. The third-order valence-corrected chi connectivity index (χ3v) is 11.6. The van der Waals surface area contributed by atoms with Crippen molar-refractivity contribution >= 4 is 43.6 Å². The molecule has 0 bridgehead atoms. The maximum Gasteiger partial charge on any atom is 0.134 e. The molecule has 8 aromatic carbocycles. The summed E-state index contributed by atoms with van der Waals surface area (Å²) in [6, 6.07) is 66.3. The lowest BCUT2D eigenvalue weighted by Gasteiger charge is -2.39. The van der Waals surface area contributed by atoms with Crippen molar-refractivity contribution in [2.75, 3.05) is 0 Å². The third-order valence-electron chi connectivity index (χ3n) is 11.6. The Bertz CT molecular complexity index is 3010. The van der Waals surface area contributed by atoms with Crippen LogP contribution in [-0.2, 0) is 5.41 Å². The Morgan fingerprint density at radius 1 is 0.327 bits per heavy atom. The first-order chi connectivity index (χ1) is 25.8. The van der Waals surface area contributed by atoms with Crippen LogP contribution < -0.4 is 4.74 Å². The first-order valence-corrected chi connectivity index (χ1v) is 17.9. The van der Waals surface area contributed by atoms with Crippen molar-refractivity contribution in [1.82, 2.24) is 9.13 Å². The summed E-state index contributed by atoms with van der Waals surface area (Å²) in [7, 11) is 0. The van der Waals surface area contributed by atoms with E-state index in [9.17, 15) is 0 Å². The normalized spacial score (nSPS) is 13.7. The summed E-state index contributed by atoms with van der Waals surface area (Å²) in [5.74, 6) is 1.79. The number of nitrogens with zero attached hydrogens (tertiary/aromatic N) is 2. The summed E-state index contributed by atoms with van der Waals surface area (Å²) in [4.78, 5) is 0. The van der Waals surface area contributed by atoms with Gasteiger partial charge in [0.05, 0.1) is 27.5 Å². The largest absolute Gasteiger partial charge is 0.457 e. The number of aromatic nitrogens is 2. The van der Waals surface area contributed by atoms with E-state index >= 15 is 0 Å². The second kappa shape index (κ2) is 10.1. The van der Waals surface area contributed by atoms with Gasteiger partial charge in [0, 0.05) is 50.1 Å². The Balaban J connectivity index is 1.11. The zero-order valence-electron chi connectivity index (χ0n) is 28.1. The zero-order valence-corrected chi connectivity index (χ0v) is 28.1. The van der Waals surface area contributed by atoms with Gasteiger partial charge in [0.25, 0.3) is 0 Å². The van der Waals surface area contributed by atoms with Crippen molar-refractivity contribution in [1.29, 1.82) is 0 Å². The molecule has 0 amide bonds.